The fourth-order valence-electron chi connectivity index (χ4n) is 3.44. The summed E-state index contributed by atoms with van der Waals surface area (Å²) in [5, 5.41) is 25.0. The number of nitrogens with one attached hydrogen (secondary N) is 2. The molecule has 11 nitrogen and oxygen atoms in total. The largest absolute Gasteiger partial charge is 1.00 e. The first-order chi connectivity index (χ1) is 15.6. The van der Waals surface area contributed by atoms with Gasteiger partial charge in [0.15, 0.2) is 0 Å². The number of nitrogen functional groups attached to an aromatic ring is 2. The predicted molar refractivity (Wildman–Crippen MR) is 116 cm³/mol. The van der Waals surface area contributed by atoms with Gasteiger partial charge in [-0.2, -0.15) is 9.97 Å². The van der Waals surface area contributed by atoms with Gasteiger partial charge in [0.2, 0.25) is 5.95 Å². The molecule has 3 rings (SSSR count). The number of aromatic amines is 1. The van der Waals surface area contributed by atoms with Crippen LogP contribution >= 0.6 is 0 Å². The maximum atomic E-state index is 12.4. The molecule has 0 bridgehead atoms. The molecule has 1 amide bonds. The van der Waals surface area contributed by atoms with Crippen LogP contribution in [0.25, 0.3) is 11.0 Å². The molecule has 0 aliphatic rings. The molecule has 2 heterocycles. The van der Waals surface area contributed by atoms with Crippen LogP contribution in [0.15, 0.2) is 42.6 Å². The summed E-state index contributed by atoms with van der Waals surface area (Å²) in [6.07, 6.45) is 2.30. The van der Waals surface area contributed by atoms with Crippen LogP contribution in [-0.4, -0.2) is 38.8 Å². The van der Waals surface area contributed by atoms with Crippen LogP contribution < -0.4 is 86.1 Å². The smallest absolute Gasteiger partial charge is 0.550 e. The van der Waals surface area contributed by atoms with Gasteiger partial charge in [-0.05, 0) is 42.5 Å². The van der Waals surface area contributed by atoms with Crippen LogP contribution in [0.3, 0.4) is 0 Å². The molecule has 0 saturated heterocycles. The number of carbonyl (C=O) groups is 3. The second-order valence-corrected chi connectivity index (χ2v) is 7.55. The van der Waals surface area contributed by atoms with Gasteiger partial charge < -0.3 is 41.6 Å². The van der Waals surface area contributed by atoms with Crippen molar-refractivity contribution in [1.29, 1.82) is 0 Å². The Labute approximate surface area is 245 Å². The molecule has 3 aromatic rings. The molecule has 0 fully saturated rings. The van der Waals surface area contributed by atoms with E-state index < -0.39 is 30.3 Å². The Kier molecular flexibility index (Phi) is 11.9. The van der Waals surface area contributed by atoms with Crippen LogP contribution in [0.5, 0.6) is 0 Å². The summed E-state index contributed by atoms with van der Waals surface area (Å²) >= 11 is 0. The summed E-state index contributed by atoms with van der Waals surface area (Å²) in [5.41, 5.74) is 14.3. The van der Waals surface area contributed by atoms with Crippen molar-refractivity contribution in [1.82, 2.24) is 20.3 Å². The number of aryl methyl sites for hydroxylation is 2. The number of carboxylic acids is 2. The third-order valence-electron chi connectivity index (χ3n) is 5.03. The summed E-state index contributed by atoms with van der Waals surface area (Å²) in [4.78, 5) is 45.5. The van der Waals surface area contributed by atoms with E-state index in [1.54, 1.807) is 30.5 Å². The molecule has 13 heteroatoms. The minimum absolute atomic E-state index is 0. The van der Waals surface area contributed by atoms with E-state index in [-0.39, 0.29) is 82.6 Å². The Bertz CT molecular complexity index is 1230. The third-order valence-corrected chi connectivity index (χ3v) is 5.03. The minimum atomic E-state index is -1.54. The number of nitrogens with two attached hydrogens (primary N) is 2. The number of fused-ring (bicyclic) bond motifs is 1. The van der Waals surface area contributed by atoms with Gasteiger partial charge in [0, 0.05) is 24.2 Å². The molecule has 0 saturated carbocycles. The summed E-state index contributed by atoms with van der Waals surface area (Å²) < 4.78 is 0. The molecule has 172 valence electrons. The first-order valence-corrected chi connectivity index (χ1v) is 10.00. The molecular weight excluding hydrogens is 474 g/mol. The topological polar surface area (TPSA) is 203 Å². The van der Waals surface area contributed by atoms with E-state index in [0.29, 0.717) is 29.7 Å². The second kappa shape index (κ2) is 13.6. The van der Waals surface area contributed by atoms with Crippen LogP contribution in [-0.2, 0) is 22.4 Å². The van der Waals surface area contributed by atoms with E-state index in [4.69, 9.17) is 11.5 Å². The van der Waals surface area contributed by atoms with Gasteiger partial charge in [-0.15, -0.1) is 0 Å². The van der Waals surface area contributed by atoms with E-state index in [9.17, 15) is 24.6 Å². The van der Waals surface area contributed by atoms with Crippen LogP contribution in [0, 0.1) is 0 Å². The van der Waals surface area contributed by atoms with Crippen molar-refractivity contribution >= 4 is 40.6 Å². The summed E-state index contributed by atoms with van der Waals surface area (Å²) in [7, 11) is 0. The Hall–Kier alpha value is -2.41. The van der Waals surface area contributed by atoms with Crippen LogP contribution in [0.4, 0.5) is 11.8 Å². The van der Waals surface area contributed by atoms with Gasteiger partial charge in [-0.25, -0.2) is 0 Å². The predicted octanol–water partition coefficient (Wildman–Crippen LogP) is -7.15. The zero-order valence-electron chi connectivity index (χ0n) is 19.6. The van der Waals surface area contributed by atoms with Gasteiger partial charge >= 0.3 is 59.1 Å². The standard InChI is InChI=1S/C22H24N6O5.2Na/c1-11(9-16(29)30)8-15(21(32)33)26-20(31)13-5-2-12(3-6-13)4-7-14-10-25-19-17(14)18(23)27-22(24)28-19;;/h2-3,5-6,10,15H,1,4,7-9H2,(H,26,31)(H,29,30)(H,32,33)(H5,23,24,25,27,28);;/q;2*+1/p-2. The second-order valence-electron chi connectivity index (χ2n) is 7.55. The normalized spacial score (nSPS) is 11.1. The first kappa shape index (κ1) is 30.6. The zero-order valence-corrected chi connectivity index (χ0v) is 23.6. The number of amides is 1. The third kappa shape index (κ3) is 8.34. The molecule has 0 radical (unpaired) electrons. The van der Waals surface area contributed by atoms with Crippen molar-refractivity contribution in [3.8, 4) is 0 Å². The molecule has 35 heavy (non-hydrogen) atoms. The number of aromatic nitrogens is 3. The minimum Gasteiger partial charge on any atom is -0.550 e. The Morgan fingerprint density at radius 1 is 1.06 bits per heavy atom. The van der Waals surface area contributed by atoms with Gasteiger partial charge in [0.1, 0.15) is 11.5 Å². The Balaban J connectivity index is 0.00000306. The van der Waals surface area contributed by atoms with Crippen molar-refractivity contribution < 1.29 is 83.7 Å². The first-order valence-electron chi connectivity index (χ1n) is 10.00. The number of nitrogens with zero attached hydrogens (tertiary/aromatic N) is 2. The fraction of sp³-hybridized carbons (Fsp3) is 0.227. The number of hydrogen-bond acceptors (Lipinski definition) is 9. The number of anilines is 2. The van der Waals surface area contributed by atoms with Crippen LogP contribution in [0.2, 0.25) is 0 Å². The number of carbonyl (C=O) groups excluding carboxylic acids is 3. The molecule has 1 aromatic carbocycles. The number of hydrogen-bond donors (Lipinski definition) is 4. The number of H-pyrrole nitrogens is 1. The molecular formula is C22H22N6Na2O5. The van der Waals surface area contributed by atoms with Crippen molar-refractivity contribution in [2.24, 2.45) is 0 Å². The zero-order chi connectivity index (χ0) is 24.1. The van der Waals surface area contributed by atoms with Crippen molar-refractivity contribution in [3.05, 3.63) is 59.3 Å². The fourth-order valence-corrected chi connectivity index (χ4v) is 3.44. The van der Waals surface area contributed by atoms with E-state index in [1.165, 1.54) is 0 Å². The molecule has 2 aromatic heterocycles. The number of benzene rings is 1. The van der Waals surface area contributed by atoms with E-state index in [0.717, 1.165) is 11.1 Å². The molecule has 0 aliphatic heterocycles. The van der Waals surface area contributed by atoms with E-state index in [2.05, 4.69) is 26.8 Å². The summed E-state index contributed by atoms with van der Waals surface area (Å²) in [6.45, 7) is 3.49. The van der Waals surface area contributed by atoms with Gasteiger partial charge in [-0.1, -0.05) is 24.3 Å². The van der Waals surface area contributed by atoms with Gasteiger partial charge in [0.05, 0.1) is 17.4 Å². The number of carboxylic acid groups (broad SMARTS) is 2. The van der Waals surface area contributed by atoms with Crippen molar-refractivity contribution in [3.63, 3.8) is 0 Å². The molecule has 6 N–H and O–H groups in total. The number of rotatable bonds is 10. The van der Waals surface area contributed by atoms with E-state index in [1.807, 2.05) is 0 Å². The SMILES string of the molecule is C=C(CC(=O)[O-])CC(NC(=O)c1ccc(CCc2c[nH]c3nc(N)nc(N)c23)cc1)C(=O)[O-].[Na+].[Na+]. The van der Waals surface area contributed by atoms with E-state index >= 15 is 0 Å². The quantitative estimate of drug-likeness (QED) is 0.155. The summed E-state index contributed by atoms with van der Waals surface area (Å²) in [5.74, 6) is -3.16. The molecule has 0 aliphatic carbocycles. The molecule has 0 spiro atoms. The van der Waals surface area contributed by atoms with Crippen LogP contribution in [0.1, 0.15) is 34.3 Å². The maximum absolute atomic E-state index is 12.4. The number of aliphatic carboxylic acids is 2. The monoisotopic (exact) mass is 496 g/mol. The van der Waals surface area contributed by atoms with Gasteiger partial charge in [-0.3, -0.25) is 4.79 Å². The Morgan fingerprint density at radius 3 is 2.31 bits per heavy atom. The maximum Gasteiger partial charge on any atom is 1.00 e. The Morgan fingerprint density at radius 2 is 1.71 bits per heavy atom. The molecule has 1 atom stereocenters. The summed E-state index contributed by atoms with van der Waals surface area (Å²) in [6, 6.07) is 5.24. The van der Waals surface area contributed by atoms with Gasteiger partial charge in [0.25, 0.3) is 5.91 Å². The average Bonchev–Trinajstić information content (AvgIpc) is 3.14. The average molecular weight is 496 g/mol. The van der Waals surface area contributed by atoms with Crippen molar-refractivity contribution in [2.75, 3.05) is 11.5 Å². The van der Waals surface area contributed by atoms with Crippen molar-refractivity contribution in [2.45, 2.75) is 31.7 Å². The molecule has 1 unspecified atom stereocenters.